The van der Waals surface area contributed by atoms with Crippen LogP contribution < -0.4 is 10.5 Å². The smallest absolute Gasteiger partial charge is 0.166 e. The van der Waals surface area contributed by atoms with E-state index in [1.165, 1.54) is 0 Å². The molecule has 0 fully saturated rings. The van der Waals surface area contributed by atoms with Crippen LogP contribution in [-0.4, -0.2) is 17.9 Å². The highest BCUT2D eigenvalue weighted by molar-refractivity contribution is 6.10. The van der Waals surface area contributed by atoms with Crippen LogP contribution in [0.25, 0.3) is 10.9 Å². The van der Waals surface area contributed by atoms with Crippen molar-refractivity contribution in [3.8, 4) is 5.75 Å². The predicted octanol–water partition coefficient (Wildman–Crippen LogP) is 2.34. The summed E-state index contributed by atoms with van der Waals surface area (Å²) in [5, 5.41) is 0.744. The Morgan fingerprint density at radius 2 is 2.17 bits per heavy atom. The Kier molecular flexibility index (Phi) is 2.44. The number of rotatable bonds is 1. The van der Waals surface area contributed by atoms with E-state index in [1.54, 1.807) is 7.11 Å². The van der Waals surface area contributed by atoms with Crippen molar-refractivity contribution in [3.05, 3.63) is 29.5 Å². The van der Waals surface area contributed by atoms with E-state index in [1.807, 2.05) is 18.2 Å². The Morgan fingerprint density at radius 1 is 1.33 bits per heavy atom. The standard InChI is InChI=1S/C14H14N2O2/c1-18-11-7-3-5-9-13(11)14(15)12-8(16-9)4-2-6-10(12)17/h3,5,7H,2,4,6H2,1H3,(H2,15,16). The van der Waals surface area contributed by atoms with Gasteiger partial charge in [-0.15, -0.1) is 0 Å². The van der Waals surface area contributed by atoms with Gasteiger partial charge in [0, 0.05) is 6.42 Å². The first kappa shape index (κ1) is 11.0. The van der Waals surface area contributed by atoms with E-state index in [0.717, 1.165) is 29.4 Å². The minimum atomic E-state index is 0.0917. The molecule has 0 atom stereocenters. The molecule has 1 aliphatic carbocycles. The average molecular weight is 242 g/mol. The van der Waals surface area contributed by atoms with Gasteiger partial charge in [-0.05, 0) is 25.0 Å². The molecule has 1 aliphatic rings. The number of anilines is 1. The summed E-state index contributed by atoms with van der Waals surface area (Å²) in [6, 6.07) is 5.61. The maximum atomic E-state index is 12.0. The molecule has 0 bridgehead atoms. The van der Waals surface area contributed by atoms with E-state index in [2.05, 4.69) is 4.98 Å². The maximum absolute atomic E-state index is 12.0. The minimum absolute atomic E-state index is 0.0917. The van der Waals surface area contributed by atoms with Crippen LogP contribution in [0.15, 0.2) is 18.2 Å². The fourth-order valence-electron chi connectivity index (χ4n) is 2.57. The van der Waals surface area contributed by atoms with Gasteiger partial charge in [0.15, 0.2) is 5.78 Å². The van der Waals surface area contributed by atoms with E-state index in [0.29, 0.717) is 23.4 Å². The van der Waals surface area contributed by atoms with Gasteiger partial charge in [0.2, 0.25) is 0 Å². The second-order valence-electron chi connectivity index (χ2n) is 4.48. The van der Waals surface area contributed by atoms with Crippen molar-refractivity contribution in [2.45, 2.75) is 19.3 Å². The molecule has 2 aromatic rings. The van der Waals surface area contributed by atoms with Crippen molar-refractivity contribution >= 4 is 22.4 Å². The van der Waals surface area contributed by atoms with Crippen molar-refractivity contribution in [3.63, 3.8) is 0 Å². The Labute approximate surface area is 105 Å². The molecule has 0 spiro atoms. The number of nitrogen functional groups attached to an aromatic ring is 1. The van der Waals surface area contributed by atoms with Crippen LogP contribution in [-0.2, 0) is 6.42 Å². The number of benzene rings is 1. The van der Waals surface area contributed by atoms with E-state index in [-0.39, 0.29) is 5.78 Å². The third-order valence-corrected chi connectivity index (χ3v) is 3.40. The number of hydrogen-bond acceptors (Lipinski definition) is 4. The number of carbonyl (C=O) groups excluding carboxylic acids is 1. The van der Waals surface area contributed by atoms with Gasteiger partial charge < -0.3 is 10.5 Å². The van der Waals surface area contributed by atoms with Crippen LogP contribution in [0.2, 0.25) is 0 Å². The molecular formula is C14H14N2O2. The number of nitrogens with two attached hydrogens (primary N) is 1. The van der Waals surface area contributed by atoms with E-state index >= 15 is 0 Å². The average Bonchev–Trinajstić information content (AvgIpc) is 2.38. The first-order valence-corrected chi connectivity index (χ1v) is 6.00. The summed E-state index contributed by atoms with van der Waals surface area (Å²) in [5.41, 5.74) is 8.89. The van der Waals surface area contributed by atoms with Gasteiger partial charge in [0.1, 0.15) is 5.75 Å². The first-order valence-electron chi connectivity index (χ1n) is 6.00. The van der Waals surface area contributed by atoms with Gasteiger partial charge in [-0.2, -0.15) is 0 Å². The SMILES string of the molecule is COc1cccc2nc3c(c(N)c12)C(=O)CCC3. The number of carbonyl (C=O) groups is 1. The number of aryl methyl sites for hydroxylation is 1. The summed E-state index contributed by atoms with van der Waals surface area (Å²) in [5.74, 6) is 0.757. The van der Waals surface area contributed by atoms with Crippen molar-refractivity contribution in [1.82, 2.24) is 4.98 Å². The Balaban J connectivity index is 2.41. The number of fused-ring (bicyclic) bond motifs is 2. The number of ketones is 1. The summed E-state index contributed by atoms with van der Waals surface area (Å²) in [4.78, 5) is 16.5. The lowest BCUT2D eigenvalue weighted by Crippen LogP contribution is -2.15. The lowest BCUT2D eigenvalue weighted by molar-refractivity contribution is 0.0973. The number of nitrogens with zero attached hydrogens (tertiary/aromatic N) is 1. The minimum Gasteiger partial charge on any atom is -0.496 e. The number of aromatic nitrogens is 1. The lowest BCUT2D eigenvalue weighted by Gasteiger charge is -2.18. The summed E-state index contributed by atoms with van der Waals surface area (Å²) >= 11 is 0. The number of Topliss-reactive ketones (excluding diaryl/α,β-unsaturated/α-hetero) is 1. The molecule has 18 heavy (non-hydrogen) atoms. The molecule has 4 nitrogen and oxygen atoms in total. The normalized spacial score (nSPS) is 14.6. The largest absolute Gasteiger partial charge is 0.496 e. The van der Waals surface area contributed by atoms with Gasteiger partial charge >= 0.3 is 0 Å². The predicted molar refractivity (Wildman–Crippen MR) is 70.0 cm³/mol. The first-order chi connectivity index (χ1) is 8.72. The fraction of sp³-hybridized carbons (Fsp3) is 0.286. The maximum Gasteiger partial charge on any atom is 0.166 e. The van der Waals surface area contributed by atoms with Crippen LogP contribution >= 0.6 is 0 Å². The van der Waals surface area contributed by atoms with Gasteiger partial charge in [0.05, 0.1) is 35.0 Å². The van der Waals surface area contributed by atoms with E-state index < -0.39 is 0 Å². The molecular weight excluding hydrogens is 228 g/mol. The van der Waals surface area contributed by atoms with Gasteiger partial charge in [-0.25, -0.2) is 0 Å². The van der Waals surface area contributed by atoms with Crippen LogP contribution in [0.1, 0.15) is 28.9 Å². The Hall–Kier alpha value is -2.10. The Morgan fingerprint density at radius 3 is 2.94 bits per heavy atom. The van der Waals surface area contributed by atoms with Gasteiger partial charge in [-0.1, -0.05) is 6.07 Å². The van der Waals surface area contributed by atoms with Crippen molar-refractivity contribution < 1.29 is 9.53 Å². The third-order valence-electron chi connectivity index (χ3n) is 3.40. The molecule has 3 rings (SSSR count). The summed E-state index contributed by atoms with van der Waals surface area (Å²) in [6.07, 6.45) is 2.23. The third kappa shape index (κ3) is 1.45. The topological polar surface area (TPSA) is 65.2 Å². The van der Waals surface area contributed by atoms with Crippen LogP contribution in [0.5, 0.6) is 5.75 Å². The zero-order chi connectivity index (χ0) is 12.7. The molecule has 1 aromatic heterocycles. The summed E-state index contributed by atoms with van der Waals surface area (Å²) in [7, 11) is 1.59. The fourth-order valence-corrected chi connectivity index (χ4v) is 2.57. The molecule has 92 valence electrons. The second-order valence-corrected chi connectivity index (χ2v) is 4.48. The molecule has 0 saturated heterocycles. The molecule has 4 heteroatoms. The highest BCUT2D eigenvalue weighted by atomic mass is 16.5. The van der Waals surface area contributed by atoms with Crippen molar-refractivity contribution in [2.75, 3.05) is 12.8 Å². The Bertz CT molecular complexity index is 650. The van der Waals surface area contributed by atoms with E-state index in [4.69, 9.17) is 10.5 Å². The van der Waals surface area contributed by atoms with Gasteiger partial charge in [0.25, 0.3) is 0 Å². The van der Waals surface area contributed by atoms with E-state index in [9.17, 15) is 4.79 Å². The zero-order valence-corrected chi connectivity index (χ0v) is 10.2. The molecule has 1 aromatic carbocycles. The van der Waals surface area contributed by atoms with Crippen LogP contribution in [0.4, 0.5) is 5.69 Å². The number of hydrogen-bond donors (Lipinski definition) is 1. The van der Waals surface area contributed by atoms with Gasteiger partial charge in [-0.3, -0.25) is 9.78 Å². The monoisotopic (exact) mass is 242 g/mol. The number of methoxy groups -OCH3 is 1. The molecule has 0 amide bonds. The summed E-state index contributed by atoms with van der Waals surface area (Å²) in [6.45, 7) is 0. The highest BCUT2D eigenvalue weighted by Gasteiger charge is 2.24. The molecule has 1 heterocycles. The molecule has 2 N–H and O–H groups in total. The number of ether oxygens (including phenoxy) is 1. The van der Waals surface area contributed by atoms with Crippen molar-refractivity contribution in [2.24, 2.45) is 0 Å². The zero-order valence-electron chi connectivity index (χ0n) is 10.2. The molecule has 0 unspecified atom stereocenters. The van der Waals surface area contributed by atoms with Crippen LogP contribution in [0.3, 0.4) is 0 Å². The quantitative estimate of drug-likeness (QED) is 0.833. The molecule has 0 aliphatic heterocycles. The number of pyridine rings is 1. The van der Waals surface area contributed by atoms with Crippen molar-refractivity contribution in [1.29, 1.82) is 0 Å². The lowest BCUT2D eigenvalue weighted by atomic mass is 9.91. The second kappa shape index (κ2) is 3.98. The summed E-state index contributed by atoms with van der Waals surface area (Å²) < 4.78 is 5.30. The molecule has 0 radical (unpaired) electrons. The highest BCUT2D eigenvalue weighted by Crippen LogP contribution is 2.35. The molecule has 0 saturated carbocycles. The van der Waals surface area contributed by atoms with Crippen LogP contribution in [0, 0.1) is 0 Å².